The van der Waals surface area contributed by atoms with Gasteiger partial charge in [-0.25, -0.2) is 10.2 Å². The lowest BCUT2D eigenvalue weighted by atomic mass is 10.2. The summed E-state index contributed by atoms with van der Waals surface area (Å²) in [7, 11) is 1.47. The molecule has 0 heterocycles. The Morgan fingerprint density at radius 2 is 1.68 bits per heavy atom. The zero-order valence-electron chi connectivity index (χ0n) is 16.6. The maximum absolute atomic E-state index is 12.2. The molecule has 0 aliphatic heterocycles. The van der Waals surface area contributed by atoms with Crippen molar-refractivity contribution in [2.45, 2.75) is 0 Å². The number of hydrogen-bond acceptors (Lipinski definition) is 5. The number of rotatable bonds is 7. The highest BCUT2D eigenvalue weighted by Crippen LogP contribution is 2.28. The number of ether oxygens (including phenoxy) is 2. The van der Waals surface area contributed by atoms with E-state index in [2.05, 4.69) is 26.5 Å². The van der Waals surface area contributed by atoms with Crippen LogP contribution in [0.15, 0.2) is 88.4 Å². The fourth-order valence-corrected chi connectivity index (χ4v) is 3.06. The minimum atomic E-state index is -0.524. The predicted octanol–water partition coefficient (Wildman–Crippen LogP) is 4.84. The number of methoxy groups -OCH3 is 1. The number of hydrogen-bond donors (Lipinski definition) is 1. The first kappa shape index (κ1) is 22.0. The Hall–Kier alpha value is -3.71. The summed E-state index contributed by atoms with van der Waals surface area (Å²) >= 11 is 3.33. The fourth-order valence-electron chi connectivity index (χ4n) is 2.59. The van der Waals surface area contributed by atoms with Gasteiger partial charge in [0.15, 0.2) is 11.5 Å². The summed E-state index contributed by atoms with van der Waals surface area (Å²) in [5.74, 6) is -0.224. The third kappa shape index (κ3) is 6.38. The quantitative estimate of drug-likeness (QED) is 0.173. The first-order chi connectivity index (χ1) is 15.1. The molecule has 1 N–H and O–H groups in total. The van der Waals surface area contributed by atoms with Gasteiger partial charge >= 0.3 is 5.97 Å². The highest BCUT2D eigenvalue weighted by Gasteiger charge is 2.10. The molecule has 1 amide bonds. The second kappa shape index (κ2) is 10.9. The van der Waals surface area contributed by atoms with E-state index in [1.54, 1.807) is 42.5 Å². The molecule has 0 aromatic heterocycles. The van der Waals surface area contributed by atoms with Crippen LogP contribution < -0.4 is 14.9 Å². The molecule has 0 aliphatic carbocycles. The molecule has 0 spiro atoms. The van der Waals surface area contributed by atoms with Gasteiger partial charge in [-0.3, -0.25) is 4.79 Å². The molecule has 0 atom stereocenters. The van der Waals surface area contributed by atoms with Crippen molar-refractivity contribution in [2.75, 3.05) is 7.11 Å². The van der Waals surface area contributed by atoms with Crippen molar-refractivity contribution in [3.63, 3.8) is 0 Å². The van der Waals surface area contributed by atoms with Crippen LogP contribution in [-0.4, -0.2) is 25.2 Å². The highest BCUT2D eigenvalue weighted by atomic mass is 79.9. The molecule has 7 heteroatoms. The molecule has 31 heavy (non-hydrogen) atoms. The van der Waals surface area contributed by atoms with Crippen molar-refractivity contribution in [3.05, 3.63) is 100 Å². The summed E-state index contributed by atoms with van der Waals surface area (Å²) in [6, 6.07) is 21.4. The van der Waals surface area contributed by atoms with E-state index in [0.29, 0.717) is 21.3 Å². The van der Waals surface area contributed by atoms with Crippen LogP contribution in [0.25, 0.3) is 6.08 Å². The van der Waals surface area contributed by atoms with Crippen molar-refractivity contribution >= 4 is 40.1 Å². The molecule has 0 radical (unpaired) electrons. The van der Waals surface area contributed by atoms with Crippen LogP contribution in [0.2, 0.25) is 0 Å². The first-order valence-corrected chi connectivity index (χ1v) is 10.1. The van der Waals surface area contributed by atoms with E-state index < -0.39 is 5.97 Å². The number of halogens is 1. The Balaban J connectivity index is 1.63. The largest absolute Gasteiger partial charge is 0.493 e. The van der Waals surface area contributed by atoms with E-state index >= 15 is 0 Å². The number of benzene rings is 3. The summed E-state index contributed by atoms with van der Waals surface area (Å²) in [6.45, 7) is 0. The van der Waals surface area contributed by atoms with Gasteiger partial charge < -0.3 is 9.47 Å². The molecule has 156 valence electrons. The van der Waals surface area contributed by atoms with Crippen molar-refractivity contribution in [1.82, 2.24) is 5.43 Å². The molecule has 0 saturated carbocycles. The van der Waals surface area contributed by atoms with Crippen LogP contribution in [-0.2, 0) is 4.79 Å². The Morgan fingerprint density at radius 1 is 0.935 bits per heavy atom. The molecule has 3 aromatic carbocycles. The number of nitrogens with zero attached hydrogens (tertiary/aromatic N) is 1. The maximum Gasteiger partial charge on any atom is 0.336 e. The molecule has 0 fully saturated rings. The van der Waals surface area contributed by atoms with Crippen molar-refractivity contribution in [1.29, 1.82) is 0 Å². The SMILES string of the molecule is COc1cc(C=NNC(=O)c2ccccc2Br)ccc1OC(=O)C=Cc1ccccc1. The second-order valence-corrected chi connectivity index (χ2v) is 7.11. The molecule has 0 bridgehead atoms. The van der Waals surface area contributed by atoms with Gasteiger partial charge in [-0.05, 0) is 63.5 Å². The van der Waals surface area contributed by atoms with Crippen LogP contribution in [0.3, 0.4) is 0 Å². The van der Waals surface area contributed by atoms with Gasteiger partial charge in [-0.1, -0.05) is 42.5 Å². The highest BCUT2D eigenvalue weighted by molar-refractivity contribution is 9.10. The lowest BCUT2D eigenvalue weighted by Crippen LogP contribution is -2.18. The van der Waals surface area contributed by atoms with E-state index in [0.717, 1.165) is 5.56 Å². The van der Waals surface area contributed by atoms with Crippen molar-refractivity contribution < 1.29 is 19.1 Å². The van der Waals surface area contributed by atoms with E-state index in [1.165, 1.54) is 19.4 Å². The van der Waals surface area contributed by atoms with E-state index in [1.807, 2.05) is 36.4 Å². The van der Waals surface area contributed by atoms with E-state index in [4.69, 9.17) is 9.47 Å². The summed E-state index contributed by atoms with van der Waals surface area (Å²) < 4.78 is 11.3. The molecule has 3 rings (SSSR count). The summed E-state index contributed by atoms with van der Waals surface area (Å²) in [6.07, 6.45) is 4.49. The Bertz CT molecular complexity index is 1130. The average Bonchev–Trinajstić information content (AvgIpc) is 2.79. The molecule has 6 nitrogen and oxygen atoms in total. The fraction of sp³-hybridized carbons (Fsp3) is 0.0417. The van der Waals surface area contributed by atoms with Gasteiger partial charge in [0.2, 0.25) is 0 Å². The number of carbonyl (C=O) groups is 2. The first-order valence-electron chi connectivity index (χ1n) is 9.28. The summed E-state index contributed by atoms with van der Waals surface area (Å²) in [5.41, 5.74) is 4.49. The van der Waals surface area contributed by atoms with Crippen LogP contribution in [0, 0.1) is 0 Å². The van der Waals surface area contributed by atoms with Gasteiger partial charge in [0.25, 0.3) is 5.91 Å². The monoisotopic (exact) mass is 478 g/mol. The van der Waals surface area contributed by atoms with Gasteiger partial charge in [-0.15, -0.1) is 0 Å². The van der Waals surface area contributed by atoms with Crippen LogP contribution >= 0.6 is 15.9 Å². The number of carbonyl (C=O) groups excluding carboxylic acids is 2. The predicted molar refractivity (Wildman–Crippen MR) is 123 cm³/mol. The van der Waals surface area contributed by atoms with Crippen LogP contribution in [0.5, 0.6) is 11.5 Å². The van der Waals surface area contributed by atoms with E-state index in [-0.39, 0.29) is 11.7 Å². The molecule has 0 aliphatic rings. The number of hydrazone groups is 1. The third-order valence-electron chi connectivity index (χ3n) is 4.11. The number of esters is 1. The number of nitrogens with one attached hydrogen (secondary N) is 1. The molecular weight excluding hydrogens is 460 g/mol. The third-order valence-corrected chi connectivity index (χ3v) is 4.80. The van der Waals surface area contributed by atoms with Gasteiger partial charge in [-0.2, -0.15) is 5.10 Å². The van der Waals surface area contributed by atoms with Gasteiger partial charge in [0, 0.05) is 10.5 Å². The van der Waals surface area contributed by atoms with Crippen LogP contribution in [0.4, 0.5) is 0 Å². The second-order valence-electron chi connectivity index (χ2n) is 6.25. The normalized spacial score (nSPS) is 10.9. The smallest absolute Gasteiger partial charge is 0.336 e. The van der Waals surface area contributed by atoms with Crippen molar-refractivity contribution in [2.24, 2.45) is 5.10 Å². The Labute approximate surface area is 188 Å². The molecule has 3 aromatic rings. The van der Waals surface area contributed by atoms with Gasteiger partial charge in [0.05, 0.1) is 18.9 Å². The topological polar surface area (TPSA) is 77.0 Å². The lowest BCUT2D eigenvalue weighted by molar-refractivity contribution is -0.129. The Morgan fingerprint density at radius 3 is 2.42 bits per heavy atom. The molecular formula is C24H19BrN2O4. The summed E-state index contributed by atoms with van der Waals surface area (Å²) in [4.78, 5) is 24.3. The zero-order valence-corrected chi connectivity index (χ0v) is 18.2. The summed E-state index contributed by atoms with van der Waals surface area (Å²) in [5, 5.41) is 3.97. The van der Waals surface area contributed by atoms with Crippen molar-refractivity contribution in [3.8, 4) is 11.5 Å². The van der Waals surface area contributed by atoms with Crippen LogP contribution in [0.1, 0.15) is 21.5 Å². The molecule has 0 unspecified atom stereocenters. The molecule has 0 saturated heterocycles. The number of amides is 1. The standard InChI is InChI=1S/C24H19BrN2O4/c1-30-22-15-18(16-26-27-24(29)19-9-5-6-10-20(19)25)11-13-21(22)31-23(28)14-12-17-7-3-2-4-8-17/h2-16H,1H3,(H,27,29). The van der Waals surface area contributed by atoms with Gasteiger partial charge in [0.1, 0.15) is 0 Å². The zero-order chi connectivity index (χ0) is 22.1. The van der Waals surface area contributed by atoms with E-state index in [9.17, 15) is 9.59 Å². The minimum absolute atomic E-state index is 0.277. The lowest BCUT2D eigenvalue weighted by Gasteiger charge is -2.08. The maximum atomic E-state index is 12.2. The average molecular weight is 479 g/mol. The minimum Gasteiger partial charge on any atom is -0.493 e. The Kier molecular flexibility index (Phi) is 7.73.